The standard InChI is InChI=1S/C26H28N2O4/c29-25(14-11-20-7-3-1-4-8-20)27-21-15-17-28(18-16-21)26(30)24-13-12-23(32-24)19-31-22-9-5-2-6-10-22/h1-10,12-13,21H,11,14-19H2,(H,27,29). The highest BCUT2D eigenvalue weighted by molar-refractivity contribution is 5.91. The number of nitrogens with one attached hydrogen (secondary N) is 1. The number of piperidine rings is 1. The second-order valence-corrected chi connectivity index (χ2v) is 7.99. The van der Waals surface area contributed by atoms with E-state index in [0.29, 0.717) is 31.0 Å². The molecule has 1 fully saturated rings. The van der Waals surface area contributed by atoms with Crippen molar-refractivity contribution in [2.75, 3.05) is 13.1 Å². The van der Waals surface area contributed by atoms with E-state index in [4.69, 9.17) is 9.15 Å². The average Bonchev–Trinajstić information content (AvgIpc) is 3.32. The molecule has 0 bridgehead atoms. The quantitative estimate of drug-likeness (QED) is 0.579. The van der Waals surface area contributed by atoms with Crippen LogP contribution in [-0.4, -0.2) is 35.8 Å². The summed E-state index contributed by atoms with van der Waals surface area (Å²) < 4.78 is 11.4. The molecule has 0 aliphatic carbocycles. The first-order valence-electron chi connectivity index (χ1n) is 11.1. The van der Waals surface area contributed by atoms with Gasteiger partial charge in [-0.1, -0.05) is 48.5 Å². The Morgan fingerprint density at radius 1 is 0.938 bits per heavy atom. The number of ether oxygens (including phenoxy) is 1. The summed E-state index contributed by atoms with van der Waals surface area (Å²) in [6.45, 7) is 1.46. The van der Waals surface area contributed by atoms with E-state index in [1.807, 2.05) is 60.7 Å². The first kappa shape index (κ1) is 21.7. The van der Waals surface area contributed by atoms with E-state index in [0.717, 1.165) is 30.6 Å². The molecule has 2 aromatic carbocycles. The number of para-hydroxylation sites is 1. The lowest BCUT2D eigenvalue weighted by atomic mass is 10.0. The van der Waals surface area contributed by atoms with Crippen LogP contribution >= 0.6 is 0 Å². The van der Waals surface area contributed by atoms with Crippen molar-refractivity contribution in [2.45, 2.75) is 38.3 Å². The SMILES string of the molecule is O=C(CCc1ccccc1)NC1CCN(C(=O)c2ccc(COc3ccccc3)o2)CC1. The molecule has 0 unspecified atom stereocenters. The molecule has 0 spiro atoms. The monoisotopic (exact) mass is 432 g/mol. The molecule has 3 aromatic rings. The van der Waals surface area contributed by atoms with Gasteiger partial charge in [-0.3, -0.25) is 9.59 Å². The zero-order valence-corrected chi connectivity index (χ0v) is 18.0. The molecule has 4 rings (SSSR count). The van der Waals surface area contributed by atoms with Crippen LogP contribution in [0.5, 0.6) is 5.75 Å². The molecule has 2 heterocycles. The molecule has 32 heavy (non-hydrogen) atoms. The number of aryl methyl sites for hydroxylation is 1. The number of furan rings is 1. The van der Waals surface area contributed by atoms with Crippen molar-refractivity contribution in [2.24, 2.45) is 0 Å². The fourth-order valence-corrected chi connectivity index (χ4v) is 3.83. The molecule has 1 saturated heterocycles. The van der Waals surface area contributed by atoms with E-state index in [1.165, 1.54) is 0 Å². The van der Waals surface area contributed by atoms with Crippen LogP contribution in [0.25, 0.3) is 0 Å². The minimum Gasteiger partial charge on any atom is -0.486 e. The topological polar surface area (TPSA) is 71.8 Å². The van der Waals surface area contributed by atoms with Gasteiger partial charge in [-0.25, -0.2) is 0 Å². The van der Waals surface area contributed by atoms with Gasteiger partial charge in [0.1, 0.15) is 18.1 Å². The molecular weight excluding hydrogens is 404 g/mol. The second kappa shape index (κ2) is 10.7. The Balaban J connectivity index is 1.20. The van der Waals surface area contributed by atoms with Crippen molar-refractivity contribution in [3.05, 3.63) is 89.9 Å². The molecule has 2 amide bonds. The van der Waals surface area contributed by atoms with Crippen LogP contribution in [0.15, 0.2) is 77.2 Å². The van der Waals surface area contributed by atoms with Crippen LogP contribution in [0.2, 0.25) is 0 Å². The van der Waals surface area contributed by atoms with Crippen LogP contribution in [0.4, 0.5) is 0 Å². The number of hydrogen-bond donors (Lipinski definition) is 1. The van der Waals surface area contributed by atoms with Crippen molar-refractivity contribution in [1.29, 1.82) is 0 Å². The summed E-state index contributed by atoms with van der Waals surface area (Å²) in [5.41, 5.74) is 1.16. The number of nitrogens with zero attached hydrogens (tertiary/aromatic N) is 1. The number of likely N-dealkylation sites (tertiary alicyclic amines) is 1. The number of carbonyl (C=O) groups excluding carboxylic acids is 2. The van der Waals surface area contributed by atoms with E-state index in [1.54, 1.807) is 17.0 Å². The van der Waals surface area contributed by atoms with E-state index < -0.39 is 0 Å². The van der Waals surface area contributed by atoms with Gasteiger partial charge >= 0.3 is 0 Å². The fourth-order valence-electron chi connectivity index (χ4n) is 3.83. The highest BCUT2D eigenvalue weighted by atomic mass is 16.5. The second-order valence-electron chi connectivity index (χ2n) is 7.99. The Hall–Kier alpha value is -3.54. The van der Waals surface area contributed by atoms with Crippen LogP contribution in [0.3, 0.4) is 0 Å². The fraction of sp³-hybridized carbons (Fsp3) is 0.308. The molecule has 6 nitrogen and oxygen atoms in total. The van der Waals surface area contributed by atoms with E-state index in [-0.39, 0.29) is 24.5 Å². The summed E-state index contributed by atoms with van der Waals surface area (Å²) in [6.07, 6.45) is 2.70. The normalized spacial score (nSPS) is 14.2. The maximum atomic E-state index is 12.8. The lowest BCUT2D eigenvalue weighted by Gasteiger charge is -2.32. The Bertz CT molecular complexity index is 1010. The Morgan fingerprint density at radius 2 is 1.62 bits per heavy atom. The van der Waals surface area contributed by atoms with Crippen molar-refractivity contribution in [1.82, 2.24) is 10.2 Å². The smallest absolute Gasteiger partial charge is 0.289 e. The summed E-state index contributed by atoms with van der Waals surface area (Å²) in [5, 5.41) is 3.11. The van der Waals surface area contributed by atoms with Crippen LogP contribution in [-0.2, 0) is 17.8 Å². The lowest BCUT2D eigenvalue weighted by Crippen LogP contribution is -2.46. The number of amides is 2. The summed E-state index contributed by atoms with van der Waals surface area (Å²) in [4.78, 5) is 26.8. The van der Waals surface area contributed by atoms with Crippen LogP contribution in [0, 0.1) is 0 Å². The van der Waals surface area contributed by atoms with Crippen LogP contribution < -0.4 is 10.1 Å². The highest BCUT2D eigenvalue weighted by Crippen LogP contribution is 2.18. The third-order valence-corrected chi connectivity index (χ3v) is 5.63. The maximum Gasteiger partial charge on any atom is 0.289 e. The van der Waals surface area contributed by atoms with Gasteiger partial charge in [-0.05, 0) is 49.1 Å². The molecule has 1 aliphatic rings. The van der Waals surface area contributed by atoms with Gasteiger partial charge in [0.15, 0.2) is 5.76 Å². The molecule has 1 aromatic heterocycles. The zero-order chi connectivity index (χ0) is 22.2. The summed E-state index contributed by atoms with van der Waals surface area (Å²) in [7, 11) is 0. The molecule has 0 atom stereocenters. The highest BCUT2D eigenvalue weighted by Gasteiger charge is 2.26. The van der Waals surface area contributed by atoms with Gasteiger partial charge < -0.3 is 19.4 Å². The van der Waals surface area contributed by atoms with E-state index in [2.05, 4.69) is 5.32 Å². The third-order valence-electron chi connectivity index (χ3n) is 5.63. The number of rotatable bonds is 8. The van der Waals surface area contributed by atoms with Gasteiger partial charge in [-0.15, -0.1) is 0 Å². The number of benzene rings is 2. The Morgan fingerprint density at radius 3 is 2.34 bits per heavy atom. The van der Waals surface area contributed by atoms with Gasteiger partial charge in [-0.2, -0.15) is 0 Å². The van der Waals surface area contributed by atoms with Gasteiger partial charge in [0, 0.05) is 25.6 Å². The molecule has 0 saturated carbocycles. The molecule has 0 radical (unpaired) electrons. The minimum atomic E-state index is -0.121. The van der Waals surface area contributed by atoms with Crippen molar-refractivity contribution in [3.63, 3.8) is 0 Å². The Labute approximate surface area is 188 Å². The maximum absolute atomic E-state index is 12.8. The van der Waals surface area contributed by atoms with E-state index >= 15 is 0 Å². The first-order chi connectivity index (χ1) is 15.7. The number of carbonyl (C=O) groups is 2. The predicted molar refractivity (Wildman–Crippen MR) is 121 cm³/mol. The van der Waals surface area contributed by atoms with Crippen LogP contribution in [0.1, 0.15) is 41.1 Å². The summed E-state index contributed by atoms with van der Waals surface area (Å²) in [5.74, 6) is 1.63. The molecule has 6 heteroatoms. The van der Waals surface area contributed by atoms with Gasteiger partial charge in [0.25, 0.3) is 5.91 Å². The van der Waals surface area contributed by atoms with E-state index in [9.17, 15) is 9.59 Å². The summed E-state index contributed by atoms with van der Waals surface area (Å²) in [6, 6.07) is 23.1. The summed E-state index contributed by atoms with van der Waals surface area (Å²) >= 11 is 0. The zero-order valence-electron chi connectivity index (χ0n) is 18.0. The minimum absolute atomic E-state index is 0.0627. The molecule has 1 aliphatic heterocycles. The van der Waals surface area contributed by atoms with Crippen molar-refractivity contribution < 1.29 is 18.7 Å². The Kier molecular flexibility index (Phi) is 7.23. The van der Waals surface area contributed by atoms with Crippen molar-refractivity contribution in [3.8, 4) is 5.75 Å². The van der Waals surface area contributed by atoms with Crippen molar-refractivity contribution >= 4 is 11.8 Å². The van der Waals surface area contributed by atoms with Gasteiger partial charge in [0.2, 0.25) is 5.91 Å². The largest absolute Gasteiger partial charge is 0.486 e. The average molecular weight is 433 g/mol. The molecule has 166 valence electrons. The lowest BCUT2D eigenvalue weighted by molar-refractivity contribution is -0.122. The third kappa shape index (κ3) is 6.00. The number of hydrogen-bond acceptors (Lipinski definition) is 4. The molecular formula is C26H28N2O4. The first-order valence-corrected chi connectivity index (χ1v) is 11.1. The van der Waals surface area contributed by atoms with Gasteiger partial charge in [0.05, 0.1) is 0 Å². The molecule has 1 N–H and O–H groups in total. The predicted octanol–water partition coefficient (Wildman–Crippen LogP) is 4.21.